The van der Waals surface area contributed by atoms with Gasteiger partial charge in [0.05, 0.1) is 34.0 Å². The van der Waals surface area contributed by atoms with E-state index in [0.717, 1.165) is 4.47 Å². The lowest BCUT2D eigenvalue weighted by Crippen LogP contribution is -2.40. The molecule has 0 radical (unpaired) electrons. The quantitative estimate of drug-likeness (QED) is 0.364. The number of aromatic nitrogens is 1. The maximum absolute atomic E-state index is 13.8. The predicted octanol–water partition coefficient (Wildman–Crippen LogP) is 3.80. The van der Waals surface area contributed by atoms with Gasteiger partial charge in [0.25, 0.3) is 5.56 Å². The topological polar surface area (TPSA) is 116 Å². The van der Waals surface area contributed by atoms with E-state index in [0.29, 0.717) is 42.1 Å². The zero-order valence-electron chi connectivity index (χ0n) is 20.5. The Morgan fingerprint density at radius 3 is 2.58 bits per heavy atom. The van der Waals surface area contributed by atoms with Crippen molar-refractivity contribution >= 4 is 61.2 Å². The van der Waals surface area contributed by atoms with Crippen molar-refractivity contribution in [3.63, 3.8) is 0 Å². The SMILES string of the molecule is CCOC(=O)C1=C(C)N=c2s/c(=C\c3ccc(OCC(=O)O)c(Br)c3)c(=O)n2[C@@H]1c1cc(Br)ccc1OC. The van der Waals surface area contributed by atoms with Crippen LogP contribution < -0.4 is 24.4 Å². The lowest BCUT2D eigenvalue weighted by atomic mass is 9.95. The van der Waals surface area contributed by atoms with Gasteiger partial charge >= 0.3 is 11.9 Å². The molecule has 0 fully saturated rings. The van der Waals surface area contributed by atoms with Gasteiger partial charge < -0.3 is 19.3 Å². The summed E-state index contributed by atoms with van der Waals surface area (Å²) in [5.41, 5.74) is 1.66. The Balaban J connectivity index is 1.89. The molecule has 2 aromatic carbocycles. The molecule has 9 nitrogen and oxygen atoms in total. The third-order valence-corrected chi connectivity index (χ3v) is 7.70. The lowest BCUT2D eigenvalue weighted by Gasteiger charge is -2.26. The molecule has 4 rings (SSSR count). The molecular formula is C26H22Br2N2O7S. The first kappa shape index (κ1) is 27.8. The number of methoxy groups -OCH3 is 1. The Hall–Kier alpha value is -3.22. The van der Waals surface area contributed by atoms with Crippen molar-refractivity contribution in [3.8, 4) is 11.5 Å². The second kappa shape index (κ2) is 11.7. The number of allylic oxidation sites excluding steroid dienone is 1. The summed E-state index contributed by atoms with van der Waals surface area (Å²) in [4.78, 5) is 42.7. The highest BCUT2D eigenvalue weighted by Crippen LogP contribution is 2.37. The molecule has 198 valence electrons. The molecule has 1 aliphatic heterocycles. The number of esters is 1. The number of carboxylic acids is 1. The van der Waals surface area contributed by atoms with E-state index in [-0.39, 0.29) is 17.7 Å². The van der Waals surface area contributed by atoms with Crippen LogP contribution in [0.25, 0.3) is 6.08 Å². The molecule has 0 saturated carbocycles. The fourth-order valence-corrected chi connectivity index (χ4v) is 5.96. The molecule has 1 atom stereocenters. The number of carbonyl (C=O) groups is 2. The molecular weight excluding hydrogens is 644 g/mol. The van der Waals surface area contributed by atoms with Crippen LogP contribution in [0.1, 0.15) is 31.0 Å². The summed E-state index contributed by atoms with van der Waals surface area (Å²) in [5.74, 6) is -0.778. The number of fused-ring (bicyclic) bond motifs is 1. The molecule has 1 aliphatic rings. The van der Waals surface area contributed by atoms with Gasteiger partial charge in [0.15, 0.2) is 11.4 Å². The van der Waals surface area contributed by atoms with E-state index in [1.807, 2.05) is 12.1 Å². The average molecular weight is 666 g/mol. The minimum Gasteiger partial charge on any atom is -0.496 e. The summed E-state index contributed by atoms with van der Waals surface area (Å²) in [5, 5.41) is 8.85. The van der Waals surface area contributed by atoms with Crippen molar-refractivity contribution < 1.29 is 28.9 Å². The van der Waals surface area contributed by atoms with E-state index in [9.17, 15) is 14.4 Å². The van der Waals surface area contributed by atoms with Crippen molar-refractivity contribution in [2.24, 2.45) is 4.99 Å². The van der Waals surface area contributed by atoms with Gasteiger partial charge in [-0.05, 0) is 71.7 Å². The first-order valence-corrected chi connectivity index (χ1v) is 13.7. The third kappa shape index (κ3) is 5.62. The summed E-state index contributed by atoms with van der Waals surface area (Å²) >= 11 is 8.06. The second-order valence-corrected chi connectivity index (χ2v) is 10.8. The summed E-state index contributed by atoms with van der Waals surface area (Å²) in [7, 11) is 1.53. The van der Waals surface area contributed by atoms with Gasteiger partial charge in [-0.3, -0.25) is 9.36 Å². The molecule has 2 heterocycles. The van der Waals surface area contributed by atoms with Gasteiger partial charge in [-0.25, -0.2) is 14.6 Å². The van der Waals surface area contributed by atoms with Crippen LogP contribution in [0.15, 0.2) is 66.4 Å². The number of carboxylic acid groups (broad SMARTS) is 1. The summed E-state index contributed by atoms with van der Waals surface area (Å²) < 4.78 is 19.4. The highest BCUT2D eigenvalue weighted by atomic mass is 79.9. The van der Waals surface area contributed by atoms with Gasteiger partial charge in [0.2, 0.25) is 0 Å². The second-order valence-electron chi connectivity index (χ2n) is 8.06. The maximum Gasteiger partial charge on any atom is 0.341 e. The molecule has 1 N–H and O–H groups in total. The average Bonchev–Trinajstić information content (AvgIpc) is 3.16. The number of rotatable bonds is 8. The highest BCUT2D eigenvalue weighted by Gasteiger charge is 2.35. The first-order chi connectivity index (χ1) is 18.1. The predicted molar refractivity (Wildman–Crippen MR) is 148 cm³/mol. The van der Waals surface area contributed by atoms with Gasteiger partial charge in [-0.2, -0.15) is 0 Å². The van der Waals surface area contributed by atoms with Crippen LogP contribution in [-0.4, -0.2) is 41.9 Å². The molecule has 3 aromatic rings. The molecule has 12 heteroatoms. The number of halogens is 2. The normalized spacial score (nSPS) is 15.1. The highest BCUT2D eigenvalue weighted by molar-refractivity contribution is 9.10. The van der Waals surface area contributed by atoms with Crippen LogP contribution in [0.3, 0.4) is 0 Å². The lowest BCUT2D eigenvalue weighted by molar-refractivity contribution is -0.140. The molecule has 0 saturated heterocycles. The number of ether oxygens (including phenoxy) is 3. The third-order valence-electron chi connectivity index (χ3n) is 5.61. The van der Waals surface area contributed by atoms with Gasteiger partial charge in [0, 0.05) is 10.0 Å². The minimum absolute atomic E-state index is 0.170. The molecule has 0 amide bonds. The number of nitrogens with zero attached hydrogens (tertiary/aromatic N) is 2. The van der Waals surface area contributed by atoms with Crippen LogP contribution in [-0.2, 0) is 14.3 Å². The molecule has 0 aliphatic carbocycles. The minimum atomic E-state index is -1.09. The van der Waals surface area contributed by atoms with Crippen LogP contribution in [0, 0.1) is 0 Å². The fraction of sp³-hybridized carbons (Fsp3) is 0.231. The molecule has 0 unspecified atom stereocenters. The van der Waals surface area contributed by atoms with E-state index in [1.165, 1.54) is 23.0 Å². The van der Waals surface area contributed by atoms with E-state index in [1.54, 1.807) is 44.2 Å². The summed E-state index contributed by atoms with van der Waals surface area (Å²) in [6, 6.07) is 9.62. The number of aliphatic carboxylic acids is 1. The van der Waals surface area contributed by atoms with Crippen LogP contribution in [0.4, 0.5) is 0 Å². The van der Waals surface area contributed by atoms with Gasteiger partial charge in [-0.15, -0.1) is 0 Å². The molecule has 38 heavy (non-hydrogen) atoms. The monoisotopic (exact) mass is 664 g/mol. The smallest absolute Gasteiger partial charge is 0.341 e. The molecule has 0 spiro atoms. The van der Waals surface area contributed by atoms with E-state index in [4.69, 9.17) is 19.3 Å². The number of hydrogen-bond acceptors (Lipinski definition) is 8. The summed E-state index contributed by atoms with van der Waals surface area (Å²) in [6.45, 7) is 3.13. The standard InChI is InChI=1S/C26H22Br2N2O7S/c1-4-36-25(34)22-13(2)29-26-30(23(22)16-11-15(27)6-8-18(16)35-3)24(33)20(38-26)10-14-5-7-19(17(28)9-14)37-12-21(31)32/h5-11,23H,4,12H2,1-3H3,(H,31,32)/b20-10-/t23-/m1/s1. The Morgan fingerprint density at radius 1 is 1.18 bits per heavy atom. The van der Waals surface area contributed by atoms with Gasteiger partial charge in [-0.1, -0.05) is 33.3 Å². The number of hydrogen-bond donors (Lipinski definition) is 1. The maximum atomic E-state index is 13.8. The van der Waals surface area contributed by atoms with Crippen LogP contribution in [0.2, 0.25) is 0 Å². The zero-order valence-corrected chi connectivity index (χ0v) is 24.5. The number of carbonyl (C=O) groups excluding carboxylic acids is 1. The van der Waals surface area contributed by atoms with Crippen molar-refractivity contribution in [3.05, 3.63) is 87.4 Å². The van der Waals surface area contributed by atoms with E-state index in [2.05, 4.69) is 36.9 Å². The molecule has 1 aromatic heterocycles. The number of benzene rings is 2. The van der Waals surface area contributed by atoms with Crippen LogP contribution in [0.5, 0.6) is 11.5 Å². The largest absolute Gasteiger partial charge is 0.496 e. The fourth-order valence-electron chi connectivity index (χ4n) is 4.02. The van der Waals surface area contributed by atoms with Crippen molar-refractivity contribution in [1.29, 1.82) is 0 Å². The van der Waals surface area contributed by atoms with E-state index < -0.39 is 24.6 Å². The Labute approximate surface area is 237 Å². The Kier molecular flexibility index (Phi) is 8.54. The van der Waals surface area contributed by atoms with Crippen LogP contribution >= 0.6 is 43.2 Å². The van der Waals surface area contributed by atoms with Crippen molar-refractivity contribution in [2.45, 2.75) is 19.9 Å². The van der Waals surface area contributed by atoms with Crippen molar-refractivity contribution in [1.82, 2.24) is 4.57 Å². The van der Waals surface area contributed by atoms with Crippen molar-refractivity contribution in [2.75, 3.05) is 20.3 Å². The summed E-state index contributed by atoms with van der Waals surface area (Å²) in [6.07, 6.45) is 1.70. The Bertz CT molecular complexity index is 1640. The first-order valence-electron chi connectivity index (χ1n) is 11.3. The number of thiazole rings is 1. The zero-order chi connectivity index (χ0) is 27.6. The van der Waals surface area contributed by atoms with E-state index >= 15 is 0 Å². The van der Waals surface area contributed by atoms with Gasteiger partial charge in [0.1, 0.15) is 17.5 Å². The Morgan fingerprint density at radius 2 is 1.92 bits per heavy atom. The molecule has 0 bridgehead atoms.